The third-order valence-corrected chi connectivity index (χ3v) is 2.80. The molecule has 0 aromatic heterocycles. The van der Waals surface area contributed by atoms with Gasteiger partial charge in [0.15, 0.2) is 11.6 Å². The van der Waals surface area contributed by atoms with Crippen LogP contribution in [0, 0.1) is 21.7 Å². The Kier molecular flexibility index (Phi) is 6.16. The Morgan fingerprint density at radius 3 is 2.48 bits per heavy atom. The molecule has 0 aliphatic carbocycles. The quantitative estimate of drug-likeness (QED) is 0.474. The Balaban J connectivity index is 2.69. The number of nitrogens with zero attached hydrogens (tertiary/aromatic N) is 2. The predicted molar refractivity (Wildman–Crippen MR) is 73.1 cm³/mol. The highest BCUT2D eigenvalue weighted by atomic mass is 19.2. The number of carbonyl (C=O) groups excluding carboxylic acids is 1. The van der Waals surface area contributed by atoms with Gasteiger partial charge in [-0.25, -0.2) is 8.78 Å². The fraction of sp³-hybridized carbons (Fsp3) is 0.462. The van der Waals surface area contributed by atoms with Gasteiger partial charge in [-0.2, -0.15) is 0 Å². The van der Waals surface area contributed by atoms with Gasteiger partial charge in [0.05, 0.1) is 11.0 Å². The summed E-state index contributed by atoms with van der Waals surface area (Å²) in [4.78, 5) is 23.7. The van der Waals surface area contributed by atoms with Gasteiger partial charge in [0.25, 0.3) is 11.6 Å². The van der Waals surface area contributed by atoms with Crippen molar-refractivity contribution in [1.29, 1.82) is 0 Å². The molecule has 1 amide bonds. The van der Waals surface area contributed by atoms with E-state index in [0.717, 1.165) is 13.0 Å². The first kappa shape index (κ1) is 17.0. The van der Waals surface area contributed by atoms with Crippen molar-refractivity contribution < 1.29 is 18.5 Å². The first-order valence-electron chi connectivity index (χ1n) is 6.39. The summed E-state index contributed by atoms with van der Waals surface area (Å²) in [5.41, 5.74) is -1.23. The van der Waals surface area contributed by atoms with Crippen molar-refractivity contribution in [2.75, 3.05) is 27.2 Å². The topological polar surface area (TPSA) is 75.5 Å². The number of nitrogens with one attached hydrogen (secondary N) is 1. The van der Waals surface area contributed by atoms with Crippen LogP contribution in [0.4, 0.5) is 14.5 Å². The number of amides is 1. The predicted octanol–water partition coefficient (Wildman–Crippen LogP) is 1.94. The molecule has 0 aliphatic heterocycles. The molecule has 8 heteroatoms. The number of rotatable bonds is 7. The van der Waals surface area contributed by atoms with E-state index in [2.05, 4.69) is 5.32 Å². The molecular formula is C13H17F2N3O3. The summed E-state index contributed by atoms with van der Waals surface area (Å²) in [7, 11) is 3.84. The SMILES string of the molecule is CN(C)CCCCNC(=O)c1cc(F)c(F)cc1[N+](=O)[O-]. The second kappa shape index (κ2) is 7.63. The van der Waals surface area contributed by atoms with Crippen LogP contribution in [0.25, 0.3) is 0 Å². The molecule has 1 aromatic rings. The van der Waals surface area contributed by atoms with Gasteiger partial charge < -0.3 is 10.2 Å². The van der Waals surface area contributed by atoms with Crippen LogP contribution in [0.3, 0.4) is 0 Å². The van der Waals surface area contributed by atoms with Crippen LogP contribution in [0.1, 0.15) is 23.2 Å². The highest BCUT2D eigenvalue weighted by Crippen LogP contribution is 2.22. The average molecular weight is 301 g/mol. The molecule has 116 valence electrons. The molecular weight excluding hydrogens is 284 g/mol. The minimum atomic E-state index is -1.36. The Morgan fingerprint density at radius 1 is 1.29 bits per heavy atom. The van der Waals surface area contributed by atoms with Crippen LogP contribution in [0.5, 0.6) is 0 Å². The second-order valence-electron chi connectivity index (χ2n) is 4.81. The van der Waals surface area contributed by atoms with Crippen LogP contribution in [0.15, 0.2) is 12.1 Å². The molecule has 21 heavy (non-hydrogen) atoms. The minimum absolute atomic E-state index is 0.308. The van der Waals surface area contributed by atoms with E-state index in [0.29, 0.717) is 25.1 Å². The van der Waals surface area contributed by atoms with Gasteiger partial charge in [0.1, 0.15) is 5.56 Å². The van der Waals surface area contributed by atoms with E-state index in [4.69, 9.17) is 0 Å². The fourth-order valence-corrected chi connectivity index (χ4v) is 1.72. The minimum Gasteiger partial charge on any atom is -0.352 e. The first-order chi connectivity index (χ1) is 9.82. The van der Waals surface area contributed by atoms with E-state index in [1.807, 2.05) is 19.0 Å². The summed E-state index contributed by atoms with van der Waals surface area (Å²) in [6.45, 7) is 1.16. The summed E-state index contributed by atoms with van der Waals surface area (Å²) < 4.78 is 26.1. The van der Waals surface area contributed by atoms with Gasteiger partial charge in [-0.05, 0) is 39.5 Å². The van der Waals surface area contributed by atoms with E-state index >= 15 is 0 Å². The third-order valence-electron chi connectivity index (χ3n) is 2.80. The van der Waals surface area contributed by atoms with Gasteiger partial charge >= 0.3 is 0 Å². The molecule has 6 nitrogen and oxygen atoms in total. The third kappa shape index (κ3) is 5.07. The van der Waals surface area contributed by atoms with Crippen molar-refractivity contribution in [2.45, 2.75) is 12.8 Å². The average Bonchev–Trinajstić information content (AvgIpc) is 2.40. The molecule has 1 rings (SSSR count). The van der Waals surface area contributed by atoms with Gasteiger partial charge in [0.2, 0.25) is 0 Å². The highest BCUT2D eigenvalue weighted by molar-refractivity contribution is 5.98. The van der Waals surface area contributed by atoms with Crippen LogP contribution >= 0.6 is 0 Å². The van der Waals surface area contributed by atoms with Crippen molar-refractivity contribution in [1.82, 2.24) is 10.2 Å². The number of halogens is 2. The monoisotopic (exact) mass is 301 g/mol. The lowest BCUT2D eigenvalue weighted by atomic mass is 10.1. The van der Waals surface area contributed by atoms with E-state index in [1.54, 1.807) is 0 Å². The van der Waals surface area contributed by atoms with Crippen molar-refractivity contribution >= 4 is 11.6 Å². The largest absolute Gasteiger partial charge is 0.352 e. The van der Waals surface area contributed by atoms with Crippen LogP contribution in [-0.4, -0.2) is 42.9 Å². The molecule has 0 unspecified atom stereocenters. The zero-order valence-electron chi connectivity index (χ0n) is 11.9. The molecule has 0 bridgehead atoms. The Labute approximate surface area is 120 Å². The Bertz CT molecular complexity index is 536. The molecule has 0 saturated carbocycles. The molecule has 0 aliphatic rings. The maximum atomic E-state index is 13.1. The number of hydrogen-bond donors (Lipinski definition) is 1. The number of nitro benzene ring substituents is 1. The van der Waals surface area contributed by atoms with Gasteiger partial charge in [0, 0.05) is 6.54 Å². The molecule has 0 saturated heterocycles. The Morgan fingerprint density at radius 2 is 1.90 bits per heavy atom. The van der Waals surface area contributed by atoms with Crippen LogP contribution < -0.4 is 5.32 Å². The van der Waals surface area contributed by atoms with E-state index in [-0.39, 0.29) is 0 Å². The van der Waals surface area contributed by atoms with Gasteiger partial charge in [-0.1, -0.05) is 0 Å². The molecule has 0 spiro atoms. The van der Waals surface area contributed by atoms with Crippen LogP contribution in [0.2, 0.25) is 0 Å². The molecule has 1 N–H and O–H groups in total. The van der Waals surface area contributed by atoms with E-state index in [9.17, 15) is 23.7 Å². The molecule has 0 atom stereocenters. The van der Waals surface area contributed by atoms with Crippen molar-refractivity contribution in [3.63, 3.8) is 0 Å². The summed E-state index contributed by atoms with van der Waals surface area (Å²) >= 11 is 0. The number of nitro groups is 1. The lowest BCUT2D eigenvalue weighted by Crippen LogP contribution is -2.26. The number of unbranched alkanes of at least 4 members (excludes halogenated alkanes) is 1. The summed E-state index contributed by atoms with van der Waals surface area (Å²) in [6, 6.07) is 0.957. The highest BCUT2D eigenvalue weighted by Gasteiger charge is 2.23. The molecule has 0 radical (unpaired) electrons. The lowest BCUT2D eigenvalue weighted by molar-refractivity contribution is -0.385. The zero-order valence-corrected chi connectivity index (χ0v) is 11.9. The first-order valence-corrected chi connectivity index (χ1v) is 6.39. The summed E-state index contributed by atoms with van der Waals surface area (Å²) in [5, 5.41) is 13.2. The zero-order chi connectivity index (χ0) is 16.0. The maximum absolute atomic E-state index is 13.1. The van der Waals surface area contributed by atoms with Gasteiger partial charge in [-0.15, -0.1) is 0 Å². The van der Waals surface area contributed by atoms with E-state index in [1.165, 1.54) is 0 Å². The second-order valence-corrected chi connectivity index (χ2v) is 4.81. The molecule has 0 heterocycles. The van der Waals surface area contributed by atoms with Crippen LogP contribution in [-0.2, 0) is 0 Å². The number of benzene rings is 1. The number of carbonyl (C=O) groups is 1. The summed E-state index contributed by atoms with van der Waals surface area (Å²) in [6.07, 6.45) is 1.52. The van der Waals surface area contributed by atoms with Crippen molar-refractivity contribution in [2.24, 2.45) is 0 Å². The lowest BCUT2D eigenvalue weighted by Gasteiger charge is -2.09. The molecule has 1 aromatic carbocycles. The maximum Gasteiger partial charge on any atom is 0.285 e. The van der Waals surface area contributed by atoms with Gasteiger partial charge in [-0.3, -0.25) is 14.9 Å². The Hall–Kier alpha value is -2.09. The summed E-state index contributed by atoms with van der Waals surface area (Å²) in [5.74, 6) is -3.44. The van der Waals surface area contributed by atoms with Crippen molar-refractivity contribution in [3.8, 4) is 0 Å². The van der Waals surface area contributed by atoms with Crippen molar-refractivity contribution in [3.05, 3.63) is 39.4 Å². The smallest absolute Gasteiger partial charge is 0.285 e. The molecule has 0 fully saturated rings. The number of hydrogen-bond acceptors (Lipinski definition) is 4. The normalized spacial score (nSPS) is 10.7. The standard InChI is InChI=1S/C13H17F2N3O3/c1-17(2)6-4-3-5-16-13(19)9-7-10(14)11(15)8-12(9)18(20)21/h7-8H,3-6H2,1-2H3,(H,16,19). The fourth-order valence-electron chi connectivity index (χ4n) is 1.72. The van der Waals surface area contributed by atoms with E-state index < -0.39 is 33.7 Å².